The normalized spacial score (nSPS) is 10.5. The Kier molecular flexibility index (Phi) is 5.44. The zero-order valence-electron chi connectivity index (χ0n) is 15.0. The third-order valence-corrected chi connectivity index (χ3v) is 3.84. The van der Waals surface area contributed by atoms with Crippen molar-refractivity contribution in [3.8, 4) is 0 Å². The van der Waals surface area contributed by atoms with E-state index >= 15 is 0 Å². The zero-order valence-corrected chi connectivity index (χ0v) is 15.0. The highest BCUT2D eigenvalue weighted by Gasteiger charge is 2.14. The highest BCUT2D eigenvalue weighted by Crippen LogP contribution is 2.22. The number of hydrogen-bond donors (Lipinski definition) is 2. The molecule has 0 aliphatic carbocycles. The van der Waals surface area contributed by atoms with Crippen LogP contribution in [0.2, 0.25) is 0 Å². The lowest BCUT2D eigenvalue weighted by atomic mass is 10.2. The SMILES string of the molecule is CN(C)c1ccc(NC(=O)c2cnc(Nc3ccc(F)c(F)c3F)nc2)cc1. The predicted octanol–water partition coefficient (Wildman–Crippen LogP) is 3.96. The monoisotopic (exact) mass is 387 g/mol. The van der Waals surface area contributed by atoms with Gasteiger partial charge in [-0.15, -0.1) is 0 Å². The quantitative estimate of drug-likeness (QED) is 0.649. The molecule has 1 amide bonds. The van der Waals surface area contributed by atoms with E-state index in [-0.39, 0.29) is 17.2 Å². The summed E-state index contributed by atoms with van der Waals surface area (Å²) >= 11 is 0. The smallest absolute Gasteiger partial charge is 0.258 e. The van der Waals surface area contributed by atoms with E-state index < -0.39 is 23.4 Å². The van der Waals surface area contributed by atoms with Crippen molar-refractivity contribution in [2.75, 3.05) is 29.6 Å². The van der Waals surface area contributed by atoms with Gasteiger partial charge in [-0.1, -0.05) is 0 Å². The summed E-state index contributed by atoms with van der Waals surface area (Å²) in [5.41, 5.74) is 1.44. The van der Waals surface area contributed by atoms with Gasteiger partial charge >= 0.3 is 0 Å². The van der Waals surface area contributed by atoms with Gasteiger partial charge in [0.2, 0.25) is 5.95 Å². The molecule has 0 atom stereocenters. The van der Waals surface area contributed by atoms with Crippen molar-refractivity contribution in [1.29, 1.82) is 0 Å². The van der Waals surface area contributed by atoms with E-state index in [1.807, 2.05) is 31.1 Å². The van der Waals surface area contributed by atoms with E-state index in [1.165, 1.54) is 12.4 Å². The number of nitrogens with one attached hydrogen (secondary N) is 2. The molecule has 0 spiro atoms. The molecule has 28 heavy (non-hydrogen) atoms. The molecule has 0 radical (unpaired) electrons. The Bertz CT molecular complexity index is 992. The summed E-state index contributed by atoms with van der Waals surface area (Å²) in [5, 5.41) is 5.14. The Morgan fingerprint density at radius 2 is 1.57 bits per heavy atom. The van der Waals surface area contributed by atoms with Crippen molar-refractivity contribution < 1.29 is 18.0 Å². The van der Waals surface area contributed by atoms with E-state index in [9.17, 15) is 18.0 Å². The number of carbonyl (C=O) groups is 1. The highest BCUT2D eigenvalue weighted by molar-refractivity contribution is 6.04. The first-order valence-electron chi connectivity index (χ1n) is 8.16. The van der Waals surface area contributed by atoms with Gasteiger partial charge in [-0.25, -0.2) is 23.1 Å². The largest absolute Gasteiger partial charge is 0.378 e. The topological polar surface area (TPSA) is 70.2 Å². The van der Waals surface area contributed by atoms with Gasteiger partial charge in [-0.05, 0) is 36.4 Å². The van der Waals surface area contributed by atoms with Crippen molar-refractivity contribution >= 4 is 28.9 Å². The lowest BCUT2D eigenvalue weighted by Crippen LogP contribution is -2.13. The van der Waals surface area contributed by atoms with Crippen LogP contribution < -0.4 is 15.5 Å². The Labute approximate surface area is 159 Å². The summed E-state index contributed by atoms with van der Waals surface area (Å²) in [6.45, 7) is 0. The number of halogens is 3. The van der Waals surface area contributed by atoms with Crippen molar-refractivity contribution in [2.24, 2.45) is 0 Å². The summed E-state index contributed by atoms with van der Waals surface area (Å²) in [6, 6.07) is 9.04. The lowest BCUT2D eigenvalue weighted by Gasteiger charge is -2.13. The predicted molar refractivity (Wildman–Crippen MR) is 100 cm³/mol. The maximum atomic E-state index is 13.7. The molecule has 0 saturated heterocycles. The second-order valence-corrected chi connectivity index (χ2v) is 6.04. The Morgan fingerprint density at radius 1 is 0.929 bits per heavy atom. The van der Waals surface area contributed by atoms with Gasteiger partial charge in [-0.2, -0.15) is 0 Å². The van der Waals surface area contributed by atoms with Crippen molar-refractivity contribution in [3.05, 3.63) is 71.8 Å². The molecule has 0 aliphatic rings. The molecular weight excluding hydrogens is 371 g/mol. The number of hydrogen-bond acceptors (Lipinski definition) is 5. The Hall–Kier alpha value is -3.62. The number of amides is 1. The first-order valence-corrected chi connectivity index (χ1v) is 8.16. The number of rotatable bonds is 5. The molecule has 144 valence electrons. The van der Waals surface area contributed by atoms with Gasteiger partial charge < -0.3 is 15.5 Å². The van der Waals surface area contributed by atoms with E-state index in [4.69, 9.17) is 0 Å². The van der Waals surface area contributed by atoms with Crippen LogP contribution in [0.4, 0.5) is 36.2 Å². The standard InChI is InChI=1S/C19H16F3N5O/c1-27(2)13-5-3-12(4-6-13)25-18(28)11-9-23-19(24-10-11)26-15-8-7-14(20)16(21)17(15)22/h3-10H,1-2H3,(H,25,28)(H,23,24,26). The molecule has 6 nitrogen and oxygen atoms in total. The van der Waals surface area contributed by atoms with Crippen molar-refractivity contribution in [2.45, 2.75) is 0 Å². The molecule has 2 aromatic carbocycles. The lowest BCUT2D eigenvalue weighted by molar-refractivity contribution is 0.102. The van der Waals surface area contributed by atoms with Crippen LogP contribution in [0.15, 0.2) is 48.8 Å². The molecule has 9 heteroatoms. The summed E-state index contributed by atoms with van der Waals surface area (Å²) in [6.07, 6.45) is 2.47. The van der Waals surface area contributed by atoms with Crippen LogP contribution in [0.1, 0.15) is 10.4 Å². The third kappa shape index (κ3) is 4.20. The van der Waals surface area contributed by atoms with E-state index in [0.717, 1.165) is 17.8 Å². The van der Waals surface area contributed by atoms with Crippen molar-refractivity contribution in [1.82, 2.24) is 9.97 Å². The second kappa shape index (κ2) is 7.95. The number of benzene rings is 2. The van der Waals surface area contributed by atoms with Gasteiger partial charge in [0.25, 0.3) is 5.91 Å². The molecular formula is C19H16F3N5O. The number of aromatic nitrogens is 2. The summed E-state index contributed by atoms with van der Waals surface area (Å²) in [5.74, 6) is -4.78. The first kappa shape index (κ1) is 19.2. The summed E-state index contributed by atoms with van der Waals surface area (Å²) in [4.78, 5) is 22.0. The van der Waals surface area contributed by atoms with Crippen LogP contribution in [0.3, 0.4) is 0 Å². The Balaban J connectivity index is 1.68. The fraction of sp³-hybridized carbons (Fsp3) is 0.105. The second-order valence-electron chi connectivity index (χ2n) is 6.04. The van der Waals surface area contributed by atoms with E-state index in [2.05, 4.69) is 20.6 Å². The molecule has 3 rings (SSSR count). The minimum absolute atomic E-state index is 0.0724. The van der Waals surface area contributed by atoms with Crippen LogP contribution >= 0.6 is 0 Å². The first-order chi connectivity index (χ1) is 13.3. The van der Waals surface area contributed by atoms with Crippen LogP contribution in [0.25, 0.3) is 0 Å². The molecule has 1 aromatic heterocycles. The van der Waals surface area contributed by atoms with Crippen LogP contribution in [0.5, 0.6) is 0 Å². The van der Waals surface area contributed by atoms with E-state index in [1.54, 1.807) is 12.1 Å². The van der Waals surface area contributed by atoms with Gasteiger partial charge in [0.05, 0.1) is 11.3 Å². The third-order valence-electron chi connectivity index (χ3n) is 3.84. The molecule has 0 saturated carbocycles. The fourth-order valence-corrected chi connectivity index (χ4v) is 2.30. The van der Waals surface area contributed by atoms with Gasteiger partial charge in [0.15, 0.2) is 17.5 Å². The fourth-order valence-electron chi connectivity index (χ4n) is 2.30. The molecule has 0 fully saturated rings. The summed E-state index contributed by atoms with van der Waals surface area (Å²) in [7, 11) is 3.82. The minimum atomic E-state index is -1.60. The van der Waals surface area contributed by atoms with E-state index in [0.29, 0.717) is 5.69 Å². The Morgan fingerprint density at radius 3 is 2.18 bits per heavy atom. The molecule has 0 unspecified atom stereocenters. The molecule has 3 aromatic rings. The van der Waals surface area contributed by atoms with Gasteiger partial charge in [-0.3, -0.25) is 4.79 Å². The average molecular weight is 387 g/mol. The molecule has 2 N–H and O–H groups in total. The van der Waals surface area contributed by atoms with Crippen molar-refractivity contribution in [3.63, 3.8) is 0 Å². The van der Waals surface area contributed by atoms with Gasteiger partial charge in [0, 0.05) is 37.9 Å². The van der Waals surface area contributed by atoms with Crippen LogP contribution in [0, 0.1) is 17.5 Å². The van der Waals surface area contributed by atoms with Gasteiger partial charge in [0.1, 0.15) is 0 Å². The van der Waals surface area contributed by atoms with Crippen LogP contribution in [-0.2, 0) is 0 Å². The minimum Gasteiger partial charge on any atom is -0.378 e. The molecule has 1 heterocycles. The van der Waals surface area contributed by atoms with Crippen LogP contribution in [-0.4, -0.2) is 30.0 Å². The number of nitrogens with zero attached hydrogens (tertiary/aromatic N) is 3. The molecule has 0 aliphatic heterocycles. The number of anilines is 4. The maximum Gasteiger partial charge on any atom is 0.258 e. The average Bonchev–Trinajstić information content (AvgIpc) is 2.69. The summed E-state index contributed by atoms with van der Waals surface area (Å²) < 4.78 is 39.9. The maximum absolute atomic E-state index is 13.7. The number of carbonyl (C=O) groups excluding carboxylic acids is 1. The zero-order chi connectivity index (χ0) is 20.3. The highest BCUT2D eigenvalue weighted by atomic mass is 19.2. The molecule has 0 bridgehead atoms.